The van der Waals surface area contributed by atoms with Crippen LogP contribution in [-0.4, -0.2) is 34.1 Å². The van der Waals surface area contributed by atoms with Gasteiger partial charge in [0, 0.05) is 18.0 Å². The van der Waals surface area contributed by atoms with Crippen LogP contribution in [0.25, 0.3) is 10.9 Å². The van der Waals surface area contributed by atoms with Crippen LogP contribution in [0.5, 0.6) is 0 Å². The SMILES string of the molecule is OC(c1cc(C(F)(F)F)nc2c(C(F)(F)F)cccc12)[C@H]1CCCCN1CCc1ccccc1. The van der Waals surface area contributed by atoms with Gasteiger partial charge in [-0.3, -0.25) is 4.90 Å². The summed E-state index contributed by atoms with van der Waals surface area (Å²) in [7, 11) is 0. The molecule has 0 saturated carbocycles. The third kappa shape index (κ3) is 5.20. The molecule has 1 saturated heterocycles. The second-order valence-corrected chi connectivity index (χ2v) is 8.57. The van der Waals surface area contributed by atoms with E-state index in [1.54, 1.807) is 0 Å². The van der Waals surface area contributed by atoms with E-state index in [2.05, 4.69) is 4.98 Å². The van der Waals surface area contributed by atoms with Crippen LogP contribution in [0.1, 0.15) is 47.8 Å². The van der Waals surface area contributed by atoms with Crippen molar-refractivity contribution in [3.63, 3.8) is 0 Å². The maximum atomic E-state index is 13.6. The molecule has 3 aromatic rings. The van der Waals surface area contributed by atoms with Crippen LogP contribution in [0.4, 0.5) is 26.3 Å². The molecule has 0 radical (unpaired) electrons. The van der Waals surface area contributed by atoms with Gasteiger partial charge in [-0.05, 0) is 49.1 Å². The number of nitrogens with zero attached hydrogens (tertiary/aromatic N) is 2. The second-order valence-electron chi connectivity index (χ2n) is 8.57. The monoisotopic (exact) mass is 482 g/mol. The van der Waals surface area contributed by atoms with Crippen LogP contribution in [0.2, 0.25) is 0 Å². The highest BCUT2D eigenvalue weighted by molar-refractivity contribution is 5.86. The van der Waals surface area contributed by atoms with Crippen molar-refractivity contribution in [2.24, 2.45) is 0 Å². The highest BCUT2D eigenvalue weighted by atomic mass is 19.4. The lowest BCUT2D eigenvalue weighted by molar-refractivity contribution is -0.142. The lowest BCUT2D eigenvalue weighted by Crippen LogP contribution is -2.44. The molecule has 1 unspecified atom stereocenters. The van der Waals surface area contributed by atoms with E-state index < -0.39 is 41.3 Å². The van der Waals surface area contributed by atoms with E-state index in [0.717, 1.165) is 24.5 Å². The molecule has 2 atom stereocenters. The maximum absolute atomic E-state index is 13.6. The minimum absolute atomic E-state index is 0.121. The first-order valence-electron chi connectivity index (χ1n) is 11.1. The molecule has 0 spiro atoms. The van der Waals surface area contributed by atoms with E-state index in [9.17, 15) is 31.4 Å². The summed E-state index contributed by atoms with van der Waals surface area (Å²) in [6, 6.07) is 13.0. The van der Waals surface area contributed by atoms with Gasteiger partial charge >= 0.3 is 12.4 Å². The third-order valence-corrected chi connectivity index (χ3v) is 6.35. The Hall–Kier alpha value is -2.65. The summed E-state index contributed by atoms with van der Waals surface area (Å²) in [5.41, 5.74) is -2.60. The number of benzene rings is 2. The molecule has 1 N–H and O–H groups in total. The topological polar surface area (TPSA) is 36.4 Å². The molecule has 182 valence electrons. The van der Waals surface area contributed by atoms with Gasteiger partial charge in [-0.2, -0.15) is 26.3 Å². The van der Waals surface area contributed by atoms with Gasteiger partial charge < -0.3 is 5.11 Å². The van der Waals surface area contributed by atoms with Crippen molar-refractivity contribution >= 4 is 10.9 Å². The van der Waals surface area contributed by atoms with E-state index in [1.165, 1.54) is 6.07 Å². The second kappa shape index (κ2) is 9.54. The van der Waals surface area contributed by atoms with Gasteiger partial charge in [-0.1, -0.05) is 48.9 Å². The van der Waals surface area contributed by atoms with Crippen molar-refractivity contribution < 1.29 is 31.4 Å². The lowest BCUT2D eigenvalue weighted by Gasteiger charge is -2.39. The quantitative estimate of drug-likeness (QED) is 0.428. The molecule has 1 fully saturated rings. The minimum atomic E-state index is -4.96. The molecule has 1 aromatic heterocycles. The summed E-state index contributed by atoms with van der Waals surface area (Å²) in [4.78, 5) is 5.35. The predicted octanol–water partition coefficient (Wildman–Crippen LogP) is 6.40. The molecular weight excluding hydrogens is 458 g/mol. The predicted molar refractivity (Wildman–Crippen MR) is 116 cm³/mol. The van der Waals surface area contributed by atoms with Crippen molar-refractivity contribution in [3.8, 4) is 0 Å². The fourth-order valence-corrected chi connectivity index (χ4v) is 4.67. The van der Waals surface area contributed by atoms with Gasteiger partial charge in [0.15, 0.2) is 0 Å². The summed E-state index contributed by atoms with van der Waals surface area (Å²) in [6.07, 6.45) is -8.38. The first-order chi connectivity index (χ1) is 16.1. The van der Waals surface area contributed by atoms with E-state index in [1.807, 2.05) is 35.2 Å². The van der Waals surface area contributed by atoms with Gasteiger partial charge in [0.2, 0.25) is 0 Å². The highest BCUT2D eigenvalue weighted by Crippen LogP contribution is 2.40. The lowest BCUT2D eigenvalue weighted by atomic mass is 9.90. The van der Waals surface area contributed by atoms with Crippen LogP contribution in [0.3, 0.4) is 0 Å². The van der Waals surface area contributed by atoms with Crippen molar-refractivity contribution in [3.05, 3.63) is 77.0 Å². The molecular formula is C25H24F6N2O. The van der Waals surface area contributed by atoms with Crippen LogP contribution < -0.4 is 0 Å². The van der Waals surface area contributed by atoms with Crippen LogP contribution in [0, 0.1) is 0 Å². The van der Waals surface area contributed by atoms with Gasteiger partial charge in [-0.15, -0.1) is 0 Å². The third-order valence-electron chi connectivity index (χ3n) is 6.35. The van der Waals surface area contributed by atoms with E-state index in [0.29, 0.717) is 38.1 Å². The number of hydrogen-bond donors (Lipinski definition) is 1. The number of alkyl halides is 6. The average molecular weight is 482 g/mol. The fraction of sp³-hybridized carbons (Fsp3) is 0.400. The number of para-hydroxylation sites is 1. The van der Waals surface area contributed by atoms with Crippen LogP contribution >= 0.6 is 0 Å². The first-order valence-corrected chi connectivity index (χ1v) is 11.1. The summed E-state index contributed by atoms with van der Waals surface area (Å²) in [5, 5.41) is 11.2. The molecule has 9 heteroatoms. The van der Waals surface area contributed by atoms with Crippen molar-refractivity contribution in [2.45, 2.75) is 50.2 Å². The Labute approximate surface area is 193 Å². The Morgan fingerprint density at radius 2 is 1.68 bits per heavy atom. The zero-order chi connectivity index (χ0) is 24.5. The average Bonchev–Trinajstić information content (AvgIpc) is 2.81. The Morgan fingerprint density at radius 3 is 2.35 bits per heavy atom. The Kier molecular flexibility index (Phi) is 6.87. The zero-order valence-corrected chi connectivity index (χ0v) is 18.2. The number of halogens is 6. The number of aliphatic hydroxyl groups excluding tert-OH is 1. The molecule has 0 bridgehead atoms. The highest BCUT2D eigenvalue weighted by Gasteiger charge is 2.39. The normalized spacial score (nSPS) is 18.9. The fourth-order valence-electron chi connectivity index (χ4n) is 4.67. The zero-order valence-electron chi connectivity index (χ0n) is 18.2. The molecule has 0 aliphatic carbocycles. The van der Waals surface area contributed by atoms with Crippen LogP contribution in [-0.2, 0) is 18.8 Å². The minimum Gasteiger partial charge on any atom is -0.387 e. The summed E-state index contributed by atoms with van der Waals surface area (Å²) in [5.74, 6) is 0. The van der Waals surface area contributed by atoms with E-state index >= 15 is 0 Å². The summed E-state index contributed by atoms with van der Waals surface area (Å²) in [6.45, 7) is 1.23. The number of aromatic nitrogens is 1. The number of fused-ring (bicyclic) bond motifs is 1. The molecule has 3 nitrogen and oxygen atoms in total. The molecule has 34 heavy (non-hydrogen) atoms. The molecule has 0 amide bonds. The Morgan fingerprint density at radius 1 is 0.941 bits per heavy atom. The standard InChI is InChI=1S/C25H24F6N2O/c26-24(27,28)19-10-6-9-17-18(15-21(25(29,30)31)32-22(17)19)23(34)20-11-4-5-13-33(20)14-12-16-7-2-1-3-8-16/h1-3,6-10,15,20,23,34H,4-5,11-14H2/t20-,23?/m1/s1. The Balaban J connectivity index is 1.74. The molecule has 4 rings (SSSR count). The number of hydrogen-bond acceptors (Lipinski definition) is 3. The van der Waals surface area contributed by atoms with E-state index in [-0.39, 0.29) is 10.9 Å². The molecule has 2 aromatic carbocycles. The molecule has 2 heterocycles. The molecule has 1 aliphatic rings. The number of aliphatic hydroxyl groups is 1. The van der Waals surface area contributed by atoms with E-state index in [4.69, 9.17) is 0 Å². The summed E-state index contributed by atoms with van der Waals surface area (Å²) >= 11 is 0. The number of likely N-dealkylation sites (tertiary alicyclic amines) is 1. The van der Waals surface area contributed by atoms with Crippen molar-refractivity contribution in [1.29, 1.82) is 0 Å². The number of pyridine rings is 1. The van der Waals surface area contributed by atoms with Gasteiger partial charge in [0.25, 0.3) is 0 Å². The maximum Gasteiger partial charge on any atom is 0.433 e. The summed E-state index contributed by atoms with van der Waals surface area (Å²) < 4.78 is 81.4. The van der Waals surface area contributed by atoms with Gasteiger partial charge in [0.05, 0.1) is 17.2 Å². The van der Waals surface area contributed by atoms with Gasteiger partial charge in [-0.25, -0.2) is 4.98 Å². The molecule has 1 aliphatic heterocycles. The van der Waals surface area contributed by atoms with Crippen molar-refractivity contribution in [2.75, 3.05) is 13.1 Å². The van der Waals surface area contributed by atoms with Gasteiger partial charge in [0.1, 0.15) is 5.69 Å². The van der Waals surface area contributed by atoms with Crippen LogP contribution in [0.15, 0.2) is 54.6 Å². The Bertz CT molecular complexity index is 1130. The number of rotatable bonds is 5. The number of piperidine rings is 1. The smallest absolute Gasteiger partial charge is 0.387 e. The first kappa shape index (κ1) is 24.5. The largest absolute Gasteiger partial charge is 0.433 e. The van der Waals surface area contributed by atoms with Crippen molar-refractivity contribution in [1.82, 2.24) is 9.88 Å².